The summed E-state index contributed by atoms with van der Waals surface area (Å²) in [6, 6.07) is 30.4. The molecule has 0 bridgehead atoms. The van der Waals surface area contributed by atoms with E-state index in [1.54, 1.807) is 30.5 Å². The Kier molecular flexibility index (Phi) is 5.31. The van der Waals surface area contributed by atoms with Crippen molar-refractivity contribution in [2.45, 2.75) is 0 Å². The van der Waals surface area contributed by atoms with E-state index in [9.17, 15) is 9.59 Å². The SMILES string of the molecule is O=C(Nc1c[nH]c2nc(-c3ccccc3)c(-c3ccc4ncccc4c3)cc2c1=O)c1ccccc1. The van der Waals surface area contributed by atoms with Gasteiger partial charge >= 0.3 is 0 Å². The number of rotatable bonds is 4. The number of pyridine rings is 3. The third-order valence-corrected chi connectivity index (χ3v) is 6.11. The largest absolute Gasteiger partial charge is 0.344 e. The van der Waals surface area contributed by atoms with Gasteiger partial charge in [-0.15, -0.1) is 0 Å². The summed E-state index contributed by atoms with van der Waals surface area (Å²) in [6.45, 7) is 0. The van der Waals surface area contributed by atoms with Gasteiger partial charge in [0.25, 0.3) is 5.91 Å². The van der Waals surface area contributed by atoms with Gasteiger partial charge in [-0.05, 0) is 42.0 Å². The van der Waals surface area contributed by atoms with Crippen LogP contribution in [0.25, 0.3) is 44.3 Å². The number of anilines is 1. The van der Waals surface area contributed by atoms with Crippen molar-refractivity contribution in [1.29, 1.82) is 0 Å². The second-order valence-corrected chi connectivity index (χ2v) is 8.41. The Bertz CT molecular complexity index is 1800. The summed E-state index contributed by atoms with van der Waals surface area (Å²) >= 11 is 0. The van der Waals surface area contributed by atoms with Crippen molar-refractivity contribution >= 4 is 33.5 Å². The number of aromatic amines is 1. The van der Waals surface area contributed by atoms with Crippen molar-refractivity contribution in [3.05, 3.63) is 125 Å². The number of fused-ring (bicyclic) bond motifs is 2. The van der Waals surface area contributed by atoms with Crippen LogP contribution in [0.2, 0.25) is 0 Å². The van der Waals surface area contributed by atoms with Crippen molar-refractivity contribution in [1.82, 2.24) is 15.0 Å². The monoisotopic (exact) mass is 468 g/mol. The van der Waals surface area contributed by atoms with Crippen LogP contribution < -0.4 is 10.7 Å². The third-order valence-electron chi connectivity index (χ3n) is 6.11. The number of benzene rings is 3. The Hall–Kier alpha value is -5.10. The van der Waals surface area contributed by atoms with Gasteiger partial charge in [-0.25, -0.2) is 4.98 Å². The lowest BCUT2D eigenvalue weighted by Crippen LogP contribution is -2.19. The van der Waals surface area contributed by atoms with E-state index in [1.165, 1.54) is 6.20 Å². The molecule has 0 fully saturated rings. The second kappa shape index (κ2) is 8.92. The minimum absolute atomic E-state index is 0.166. The summed E-state index contributed by atoms with van der Waals surface area (Å²) in [5.74, 6) is -0.350. The number of carbonyl (C=O) groups excluding carboxylic acids is 1. The lowest BCUT2D eigenvalue weighted by Gasteiger charge is -2.13. The topological polar surface area (TPSA) is 87.7 Å². The minimum atomic E-state index is -0.350. The van der Waals surface area contributed by atoms with Gasteiger partial charge in [-0.1, -0.05) is 60.7 Å². The number of nitrogens with one attached hydrogen (secondary N) is 2. The predicted octanol–water partition coefficient (Wildman–Crippen LogP) is 6.06. The van der Waals surface area contributed by atoms with Gasteiger partial charge in [0.2, 0.25) is 5.43 Å². The molecule has 3 aromatic carbocycles. The van der Waals surface area contributed by atoms with E-state index in [0.717, 1.165) is 33.3 Å². The quantitative estimate of drug-likeness (QED) is 0.329. The fourth-order valence-corrected chi connectivity index (χ4v) is 4.30. The molecule has 0 atom stereocenters. The maximum absolute atomic E-state index is 13.5. The normalized spacial score (nSPS) is 11.0. The molecule has 36 heavy (non-hydrogen) atoms. The first-order chi connectivity index (χ1) is 17.7. The molecule has 6 heteroatoms. The molecule has 6 aromatic rings. The summed E-state index contributed by atoms with van der Waals surface area (Å²) in [6.07, 6.45) is 3.26. The van der Waals surface area contributed by atoms with Crippen molar-refractivity contribution < 1.29 is 4.79 Å². The van der Waals surface area contributed by atoms with Gasteiger partial charge < -0.3 is 10.3 Å². The zero-order chi connectivity index (χ0) is 24.5. The lowest BCUT2D eigenvalue weighted by molar-refractivity contribution is 0.102. The summed E-state index contributed by atoms with van der Waals surface area (Å²) in [4.78, 5) is 38.5. The maximum Gasteiger partial charge on any atom is 0.255 e. The summed E-state index contributed by atoms with van der Waals surface area (Å²) in [5, 5.41) is 4.11. The molecule has 0 aliphatic heterocycles. The summed E-state index contributed by atoms with van der Waals surface area (Å²) in [7, 11) is 0. The van der Waals surface area contributed by atoms with E-state index < -0.39 is 0 Å². The smallest absolute Gasteiger partial charge is 0.255 e. The predicted molar refractivity (Wildman–Crippen MR) is 143 cm³/mol. The number of amides is 1. The molecular formula is C30H20N4O2. The van der Waals surface area contributed by atoms with E-state index in [1.807, 2.05) is 72.8 Å². The number of hydrogen-bond donors (Lipinski definition) is 2. The number of hydrogen-bond acceptors (Lipinski definition) is 4. The van der Waals surface area contributed by atoms with E-state index >= 15 is 0 Å². The molecule has 0 saturated carbocycles. The lowest BCUT2D eigenvalue weighted by atomic mass is 9.97. The van der Waals surface area contributed by atoms with Crippen molar-refractivity contribution in [3.63, 3.8) is 0 Å². The first kappa shape index (κ1) is 21.4. The molecule has 2 N–H and O–H groups in total. The van der Waals surface area contributed by atoms with Crippen LogP contribution in [0.1, 0.15) is 10.4 Å². The Morgan fingerprint density at radius 2 is 1.58 bits per heavy atom. The van der Waals surface area contributed by atoms with Crippen molar-refractivity contribution in [3.8, 4) is 22.4 Å². The summed E-state index contributed by atoms with van der Waals surface area (Å²) in [5.41, 5.74) is 5.09. The average Bonchev–Trinajstić information content (AvgIpc) is 2.94. The Balaban J connectivity index is 1.53. The fourth-order valence-electron chi connectivity index (χ4n) is 4.30. The van der Waals surface area contributed by atoms with Crippen molar-refractivity contribution in [2.75, 3.05) is 5.32 Å². The zero-order valence-corrected chi connectivity index (χ0v) is 19.1. The molecule has 0 radical (unpaired) electrons. The molecule has 0 aliphatic rings. The molecule has 0 aliphatic carbocycles. The van der Waals surface area contributed by atoms with Crippen LogP contribution in [0.15, 0.2) is 114 Å². The van der Waals surface area contributed by atoms with Crippen molar-refractivity contribution in [2.24, 2.45) is 0 Å². The molecule has 0 spiro atoms. The number of carbonyl (C=O) groups is 1. The average molecular weight is 469 g/mol. The van der Waals surface area contributed by atoms with Crippen LogP contribution in [0.3, 0.4) is 0 Å². The first-order valence-electron chi connectivity index (χ1n) is 11.5. The molecule has 6 nitrogen and oxygen atoms in total. The standard InChI is InChI=1S/C30H20N4O2/c35-28-24-17-23(21-13-14-25-22(16-21)12-7-15-31-25)27(19-8-3-1-4-9-19)34-29(24)32-18-26(28)33-30(36)20-10-5-2-6-11-20/h1-18H,(H,33,36)(H,32,34,35). The van der Waals surface area contributed by atoms with Crippen LogP contribution in [-0.2, 0) is 0 Å². The second-order valence-electron chi connectivity index (χ2n) is 8.41. The van der Waals surface area contributed by atoms with Gasteiger partial charge in [0, 0.05) is 34.5 Å². The highest BCUT2D eigenvalue weighted by Crippen LogP contribution is 2.33. The van der Waals surface area contributed by atoms with E-state index in [2.05, 4.69) is 15.3 Å². The Labute approximate surface area is 206 Å². The molecule has 3 heterocycles. The third kappa shape index (κ3) is 3.91. The highest BCUT2D eigenvalue weighted by Gasteiger charge is 2.16. The van der Waals surface area contributed by atoms with E-state index in [4.69, 9.17) is 4.98 Å². The molecule has 0 unspecified atom stereocenters. The van der Waals surface area contributed by atoms with E-state index in [-0.39, 0.29) is 17.0 Å². The van der Waals surface area contributed by atoms with Crippen LogP contribution in [0, 0.1) is 0 Å². The highest BCUT2D eigenvalue weighted by atomic mass is 16.2. The molecule has 3 aromatic heterocycles. The van der Waals surface area contributed by atoms with E-state index in [0.29, 0.717) is 16.6 Å². The number of aromatic nitrogens is 3. The first-order valence-corrected chi connectivity index (χ1v) is 11.5. The van der Waals surface area contributed by atoms with Crippen LogP contribution in [0.4, 0.5) is 5.69 Å². The van der Waals surface area contributed by atoms with Gasteiger partial charge in [0.15, 0.2) is 0 Å². The van der Waals surface area contributed by atoms with Gasteiger partial charge in [-0.3, -0.25) is 14.6 Å². The Morgan fingerprint density at radius 1 is 0.806 bits per heavy atom. The van der Waals surface area contributed by atoms with Gasteiger partial charge in [0.1, 0.15) is 11.3 Å². The minimum Gasteiger partial charge on any atom is -0.344 e. The maximum atomic E-state index is 13.5. The molecule has 6 rings (SSSR count). The fraction of sp³-hybridized carbons (Fsp3) is 0. The number of nitrogens with zero attached hydrogens (tertiary/aromatic N) is 2. The molecule has 0 saturated heterocycles. The van der Waals surface area contributed by atoms with Crippen LogP contribution in [0.5, 0.6) is 0 Å². The van der Waals surface area contributed by atoms with Crippen LogP contribution in [-0.4, -0.2) is 20.9 Å². The van der Waals surface area contributed by atoms with Crippen LogP contribution >= 0.6 is 0 Å². The van der Waals surface area contributed by atoms with Gasteiger partial charge in [-0.2, -0.15) is 0 Å². The Morgan fingerprint density at radius 3 is 2.39 bits per heavy atom. The molecule has 1 amide bonds. The molecular weight excluding hydrogens is 448 g/mol. The zero-order valence-electron chi connectivity index (χ0n) is 19.1. The highest BCUT2D eigenvalue weighted by molar-refractivity contribution is 6.05. The van der Waals surface area contributed by atoms with Gasteiger partial charge in [0.05, 0.1) is 16.6 Å². The number of H-pyrrole nitrogens is 1. The summed E-state index contributed by atoms with van der Waals surface area (Å²) < 4.78 is 0. The molecule has 172 valence electrons.